The van der Waals surface area contributed by atoms with Crippen LogP contribution in [0, 0.1) is 5.92 Å². The molecule has 0 bridgehead atoms. The standard InChI is InChI=1S/C15H22N2O/c1-10-6-14(13(8-16)9-17-10)12-3-2-11-4-5-18-15(11)7-12/h2-3,7,10,13-14,17H,4-6,8-9,16H2,1H3. The maximum atomic E-state index is 5.92. The van der Waals surface area contributed by atoms with E-state index in [1.54, 1.807) is 0 Å². The molecule has 3 heteroatoms. The van der Waals surface area contributed by atoms with Crippen LogP contribution in [-0.4, -0.2) is 25.7 Å². The number of rotatable bonds is 2. The smallest absolute Gasteiger partial charge is 0.122 e. The molecule has 1 aromatic rings. The summed E-state index contributed by atoms with van der Waals surface area (Å²) in [4.78, 5) is 0. The molecule has 1 aromatic carbocycles. The van der Waals surface area contributed by atoms with Gasteiger partial charge in [0.05, 0.1) is 6.61 Å². The number of nitrogens with one attached hydrogen (secondary N) is 1. The number of fused-ring (bicyclic) bond motifs is 1. The van der Waals surface area contributed by atoms with Crippen LogP contribution in [0.15, 0.2) is 18.2 Å². The molecular formula is C15H22N2O. The van der Waals surface area contributed by atoms with Crippen molar-refractivity contribution < 1.29 is 4.74 Å². The Kier molecular flexibility index (Phi) is 3.27. The Labute approximate surface area is 109 Å². The summed E-state index contributed by atoms with van der Waals surface area (Å²) in [5, 5.41) is 3.52. The summed E-state index contributed by atoms with van der Waals surface area (Å²) < 4.78 is 5.68. The van der Waals surface area contributed by atoms with Crippen LogP contribution in [0.4, 0.5) is 0 Å². The van der Waals surface area contributed by atoms with Crippen molar-refractivity contribution in [2.75, 3.05) is 19.7 Å². The van der Waals surface area contributed by atoms with Gasteiger partial charge in [-0.1, -0.05) is 12.1 Å². The second-order valence-corrected chi connectivity index (χ2v) is 5.61. The molecule has 18 heavy (non-hydrogen) atoms. The molecule has 3 nitrogen and oxygen atoms in total. The molecule has 1 fully saturated rings. The molecule has 0 aromatic heterocycles. The fraction of sp³-hybridized carbons (Fsp3) is 0.600. The van der Waals surface area contributed by atoms with Gasteiger partial charge in [0, 0.05) is 12.5 Å². The molecule has 0 aliphatic carbocycles. The summed E-state index contributed by atoms with van der Waals surface area (Å²) in [6, 6.07) is 7.33. The second kappa shape index (κ2) is 4.90. The van der Waals surface area contributed by atoms with Gasteiger partial charge in [0.1, 0.15) is 5.75 Å². The highest BCUT2D eigenvalue weighted by molar-refractivity contribution is 5.41. The molecule has 0 radical (unpaired) electrons. The van der Waals surface area contributed by atoms with Gasteiger partial charge < -0.3 is 15.8 Å². The van der Waals surface area contributed by atoms with Crippen LogP contribution in [0.25, 0.3) is 0 Å². The van der Waals surface area contributed by atoms with Gasteiger partial charge >= 0.3 is 0 Å². The van der Waals surface area contributed by atoms with Crippen LogP contribution >= 0.6 is 0 Å². The predicted octanol–water partition coefficient (Wildman–Crippen LogP) is 1.66. The maximum absolute atomic E-state index is 5.92. The van der Waals surface area contributed by atoms with Crippen molar-refractivity contribution in [2.45, 2.75) is 31.7 Å². The number of ether oxygens (including phenoxy) is 1. The van der Waals surface area contributed by atoms with Crippen LogP contribution < -0.4 is 15.8 Å². The first-order chi connectivity index (χ1) is 8.78. The first kappa shape index (κ1) is 12.0. The normalized spacial score (nSPS) is 30.9. The Bertz CT molecular complexity index is 433. The molecule has 98 valence electrons. The zero-order valence-electron chi connectivity index (χ0n) is 11.0. The molecule has 2 heterocycles. The van der Waals surface area contributed by atoms with E-state index in [9.17, 15) is 0 Å². The third kappa shape index (κ3) is 2.13. The Morgan fingerprint density at radius 3 is 3.17 bits per heavy atom. The van der Waals surface area contributed by atoms with Crippen LogP contribution in [0.3, 0.4) is 0 Å². The lowest BCUT2D eigenvalue weighted by Gasteiger charge is -2.35. The van der Waals surface area contributed by atoms with E-state index in [2.05, 4.69) is 30.4 Å². The Balaban J connectivity index is 1.87. The zero-order chi connectivity index (χ0) is 12.5. The van der Waals surface area contributed by atoms with Crippen molar-refractivity contribution >= 4 is 0 Å². The van der Waals surface area contributed by atoms with Crippen LogP contribution in [-0.2, 0) is 6.42 Å². The first-order valence-electron chi connectivity index (χ1n) is 6.97. The Morgan fingerprint density at radius 2 is 2.33 bits per heavy atom. The minimum absolute atomic E-state index is 0.542. The van der Waals surface area contributed by atoms with Crippen molar-refractivity contribution in [1.82, 2.24) is 5.32 Å². The van der Waals surface area contributed by atoms with Crippen LogP contribution in [0.5, 0.6) is 5.75 Å². The fourth-order valence-electron chi connectivity index (χ4n) is 3.22. The van der Waals surface area contributed by atoms with E-state index < -0.39 is 0 Å². The molecule has 1 saturated heterocycles. The van der Waals surface area contributed by atoms with E-state index in [0.717, 1.165) is 31.9 Å². The van der Waals surface area contributed by atoms with Gasteiger partial charge in [0.25, 0.3) is 0 Å². The number of hydrogen-bond donors (Lipinski definition) is 2. The van der Waals surface area contributed by atoms with Gasteiger partial charge in [-0.3, -0.25) is 0 Å². The number of benzene rings is 1. The summed E-state index contributed by atoms with van der Waals surface area (Å²) in [7, 11) is 0. The first-order valence-corrected chi connectivity index (χ1v) is 6.97. The molecular weight excluding hydrogens is 224 g/mol. The molecule has 3 atom stereocenters. The van der Waals surface area contributed by atoms with Gasteiger partial charge in [-0.25, -0.2) is 0 Å². The average molecular weight is 246 g/mol. The van der Waals surface area contributed by atoms with Gasteiger partial charge in [-0.2, -0.15) is 0 Å². The average Bonchev–Trinajstić information content (AvgIpc) is 2.85. The number of nitrogens with two attached hydrogens (primary N) is 1. The van der Waals surface area contributed by atoms with Crippen molar-refractivity contribution in [3.05, 3.63) is 29.3 Å². The molecule has 2 aliphatic heterocycles. The topological polar surface area (TPSA) is 47.3 Å². The highest BCUT2D eigenvalue weighted by Crippen LogP contribution is 2.36. The molecule has 2 aliphatic rings. The monoisotopic (exact) mass is 246 g/mol. The zero-order valence-corrected chi connectivity index (χ0v) is 11.0. The third-order valence-electron chi connectivity index (χ3n) is 4.36. The van der Waals surface area contributed by atoms with Crippen LogP contribution in [0.2, 0.25) is 0 Å². The molecule has 0 saturated carbocycles. The molecule has 3 N–H and O–H groups in total. The lowest BCUT2D eigenvalue weighted by molar-refractivity contribution is 0.284. The Morgan fingerprint density at radius 1 is 1.44 bits per heavy atom. The van der Waals surface area contributed by atoms with E-state index in [1.165, 1.54) is 17.5 Å². The molecule has 0 spiro atoms. The highest BCUT2D eigenvalue weighted by atomic mass is 16.5. The fourth-order valence-corrected chi connectivity index (χ4v) is 3.22. The lowest BCUT2D eigenvalue weighted by Crippen LogP contribution is -2.44. The van der Waals surface area contributed by atoms with E-state index >= 15 is 0 Å². The molecule has 3 rings (SSSR count). The van der Waals surface area contributed by atoms with Crippen molar-refractivity contribution in [2.24, 2.45) is 11.7 Å². The summed E-state index contributed by atoms with van der Waals surface area (Å²) in [5.41, 5.74) is 8.67. The maximum Gasteiger partial charge on any atom is 0.122 e. The van der Waals surface area contributed by atoms with E-state index in [-0.39, 0.29) is 0 Å². The second-order valence-electron chi connectivity index (χ2n) is 5.61. The summed E-state index contributed by atoms with van der Waals surface area (Å²) in [5.74, 6) is 2.20. The molecule has 0 amide bonds. The number of hydrogen-bond acceptors (Lipinski definition) is 3. The molecule has 3 unspecified atom stereocenters. The summed E-state index contributed by atoms with van der Waals surface area (Å²) >= 11 is 0. The van der Waals surface area contributed by atoms with E-state index in [0.29, 0.717) is 17.9 Å². The van der Waals surface area contributed by atoms with Gasteiger partial charge in [0.15, 0.2) is 0 Å². The minimum atomic E-state index is 0.542. The van der Waals surface area contributed by atoms with E-state index in [4.69, 9.17) is 10.5 Å². The lowest BCUT2D eigenvalue weighted by atomic mass is 9.78. The van der Waals surface area contributed by atoms with Crippen molar-refractivity contribution in [3.63, 3.8) is 0 Å². The summed E-state index contributed by atoms with van der Waals surface area (Å²) in [6.45, 7) is 4.87. The third-order valence-corrected chi connectivity index (χ3v) is 4.36. The Hall–Kier alpha value is -1.06. The van der Waals surface area contributed by atoms with Crippen molar-refractivity contribution in [1.29, 1.82) is 0 Å². The van der Waals surface area contributed by atoms with Crippen LogP contribution in [0.1, 0.15) is 30.4 Å². The van der Waals surface area contributed by atoms with Crippen molar-refractivity contribution in [3.8, 4) is 5.75 Å². The van der Waals surface area contributed by atoms with Gasteiger partial charge in [-0.05, 0) is 55.5 Å². The predicted molar refractivity (Wildman–Crippen MR) is 73.0 cm³/mol. The summed E-state index contributed by atoms with van der Waals surface area (Å²) in [6.07, 6.45) is 2.22. The van der Waals surface area contributed by atoms with Gasteiger partial charge in [0.2, 0.25) is 0 Å². The number of piperidine rings is 1. The largest absolute Gasteiger partial charge is 0.493 e. The SMILES string of the molecule is CC1CC(c2ccc3c(c2)OCC3)C(CN)CN1. The van der Waals surface area contributed by atoms with E-state index in [1.807, 2.05) is 0 Å². The highest BCUT2D eigenvalue weighted by Gasteiger charge is 2.29. The minimum Gasteiger partial charge on any atom is -0.493 e. The van der Waals surface area contributed by atoms with Gasteiger partial charge in [-0.15, -0.1) is 0 Å². The quantitative estimate of drug-likeness (QED) is 0.834.